The van der Waals surface area contributed by atoms with Gasteiger partial charge >= 0.3 is 0 Å². The Kier molecular flexibility index (Phi) is 8.14. The first-order valence-electron chi connectivity index (χ1n) is 12.8. The van der Waals surface area contributed by atoms with E-state index in [1.54, 1.807) is 13.2 Å². The number of hydrogen-bond donors (Lipinski definition) is 0. The molecule has 1 heterocycles. The van der Waals surface area contributed by atoms with Crippen LogP contribution < -0.4 is 14.4 Å². The van der Waals surface area contributed by atoms with Gasteiger partial charge < -0.3 is 14.4 Å². The zero-order valence-electron chi connectivity index (χ0n) is 21.9. The second-order valence-corrected chi connectivity index (χ2v) is 10.4. The topological polar surface area (TPSA) is 38.8 Å². The molecule has 4 rings (SSSR count). The quantitative estimate of drug-likeness (QED) is 0.246. The average Bonchev–Trinajstić information content (AvgIpc) is 2.91. The molecule has 3 aromatic carbocycles. The number of ether oxygens (including phenoxy) is 2. The molecule has 0 aliphatic carbocycles. The molecule has 0 N–H and O–H groups in total. The first kappa shape index (κ1) is 25.6. The SMILES string of the molecule is COc1ccc(/C=C/C(=O)c2ccc(N3CCCCC3)cc2)cc1COc1ccc(C(C)(C)C)cc1. The molecular weight excluding hydrogens is 446 g/mol. The van der Waals surface area contributed by atoms with Crippen molar-refractivity contribution in [1.82, 2.24) is 0 Å². The molecule has 3 aromatic rings. The molecule has 0 saturated carbocycles. The van der Waals surface area contributed by atoms with E-state index in [0.29, 0.717) is 12.2 Å². The van der Waals surface area contributed by atoms with Crippen LogP contribution in [0.25, 0.3) is 6.08 Å². The van der Waals surface area contributed by atoms with E-state index in [0.717, 1.165) is 35.7 Å². The predicted octanol–water partition coefficient (Wildman–Crippen LogP) is 7.46. The number of anilines is 1. The minimum atomic E-state index is -0.00671. The summed E-state index contributed by atoms with van der Waals surface area (Å²) in [5.41, 5.74) is 5.12. The fraction of sp³-hybridized carbons (Fsp3) is 0.344. The number of carbonyl (C=O) groups is 1. The Bertz CT molecular complexity index is 1180. The van der Waals surface area contributed by atoms with Crippen molar-refractivity contribution in [2.45, 2.75) is 52.1 Å². The Balaban J connectivity index is 1.40. The van der Waals surface area contributed by atoms with E-state index < -0.39 is 0 Å². The van der Waals surface area contributed by atoms with Gasteiger partial charge in [0.05, 0.1) is 7.11 Å². The zero-order valence-corrected chi connectivity index (χ0v) is 21.9. The maximum atomic E-state index is 12.8. The Labute approximate surface area is 215 Å². The first-order valence-corrected chi connectivity index (χ1v) is 12.8. The maximum absolute atomic E-state index is 12.8. The third-order valence-corrected chi connectivity index (χ3v) is 6.72. The number of piperidine rings is 1. The smallest absolute Gasteiger partial charge is 0.185 e. The highest BCUT2D eigenvalue weighted by Crippen LogP contribution is 2.27. The number of ketones is 1. The fourth-order valence-electron chi connectivity index (χ4n) is 4.48. The van der Waals surface area contributed by atoms with Crippen LogP contribution in [0.3, 0.4) is 0 Å². The molecule has 4 nitrogen and oxygen atoms in total. The van der Waals surface area contributed by atoms with Crippen LogP contribution in [0.5, 0.6) is 11.5 Å². The monoisotopic (exact) mass is 483 g/mol. The summed E-state index contributed by atoms with van der Waals surface area (Å²) in [6.07, 6.45) is 7.26. The van der Waals surface area contributed by atoms with Crippen molar-refractivity contribution in [3.8, 4) is 11.5 Å². The van der Waals surface area contributed by atoms with Gasteiger partial charge in [-0.05, 0) is 90.4 Å². The Morgan fingerprint density at radius 2 is 1.61 bits per heavy atom. The number of methoxy groups -OCH3 is 1. The number of allylic oxidation sites excluding steroid dienone is 1. The van der Waals surface area contributed by atoms with Crippen LogP contribution in [0, 0.1) is 0 Å². The molecule has 0 amide bonds. The highest BCUT2D eigenvalue weighted by molar-refractivity contribution is 6.07. The lowest BCUT2D eigenvalue weighted by atomic mass is 9.87. The second kappa shape index (κ2) is 11.5. The number of benzene rings is 3. The number of nitrogens with zero attached hydrogens (tertiary/aromatic N) is 1. The van der Waals surface area contributed by atoms with Crippen molar-refractivity contribution in [3.05, 3.63) is 95.1 Å². The maximum Gasteiger partial charge on any atom is 0.185 e. The molecule has 36 heavy (non-hydrogen) atoms. The van der Waals surface area contributed by atoms with Crippen LogP contribution in [-0.2, 0) is 12.0 Å². The standard InChI is InChI=1S/C32H37NO3/c1-32(2,3)27-12-16-29(17-13-27)36-23-26-22-24(9-19-31(26)35-4)8-18-30(34)25-10-14-28(15-11-25)33-20-6-5-7-21-33/h8-19,22H,5-7,20-21,23H2,1-4H3/b18-8+. The summed E-state index contributed by atoms with van der Waals surface area (Å²) in [6, 6.07) is 22.1. The lowest BCUT2D eigenvalue weighted by Gasteiger charge is -2.28. The van der Waals surface area contributed by atoms with E-state index in [2.05, 4.69) is 49.9 Å². The molecule has 0 aromatic heterocycles. The van der Waals surface area contributed by atoms with Crippen molar-refractivity contribution < 1.29 is 14.3 Å². The van der Waals surface area contributed by atoms with Crippen LogP contribution in [0.15, 0.2) is 72.8 Å². The molecule has 0 bridgehead atoms. The van der Waals surface area contributed by atoms with Gasteiger partial charge in [0.25, 0.3) is 0 Å². The van der Waals surface area contributed by atoms with Gasteiger partial charge in [0.2, 0.25) is 0 Å². The van der Waals surface area contributed by atoms with Crippen LogP contribution in [-0.4, -0.2) is 26.0 Å². The summed E-state index contributed by atoms with van der Waals surface area (Å²) in [6.45, 7) is 9.16. The number of carbonyl (C=O) groups excluding carboxylic acids is 1. The van der Waals surface area contributed by atoms with Gasteiger partial charge in [0, 0.05) is 29.9 Å². The fourth-order valence-corrected chi connectivity index (χ4v) is 4.48. The summed E-state index contributed by atoms with van der Waals surface area (Å²) in [7, 11) is 1.66. The van der Waals surface area contributed by atoms with Crippen LogP contribution in [0.2, 0.25) is 0 Å². The van der Waals surface area contributed by atoms with Crippen molar-refractivity contribution in [1.29, 1.82) is 0 Å². The van der Waals surface area contributed by atoms with E-state index in [-0.39, 0.29) is 11.2 Å². The molecule has 1 aliphatic rings. The summed E-state index contributed by atoms with van der Waals surface area (Å²) < 4.78 is 11.6. The molecule has 1 saturated heterocycles. The normalized spacial score (nSPS) is 14.2. The summed E-state index contributed by atoms with van der Waals surface area (Å²) in [5, 5.41) is 0. The van der Waals surface area contributed by atoms with Gasteiger partial charge in [-0.1, -0.05) is 45.0 Å². The lowest BCUT2D eigenvalue weighted by Crippen LogP contribution is -2.29. The predicted molar refractivity (Wildman–Crippen MR) is 148 cm³/mol. The molecule has 1 aliphatic heterocycles. The Morgan fingerprint density at radius 1 is 0.917 bits per heavy atom. The first-order chi connectivity index (χ1) is 17.3. The molecular formula is C32H37NO3. The number of rotatable bonds is 8. The van der Waals surface area contributed by atoms with E-state index >= 15 is 0 Å². The average molecular weight is 484 g/mol. The Hall–Kier alpha value is -3.53. The van der Waals surface area contributed by atoms with E-state index in [9.17, 15) is 4.79 Å². The molecule has 4 heteroatoms. The highest BCUT2D eigenvalue weighted by Gasteiger charge is 2.14. The van der Waals surface area contributed by atoms with E-state index in [1.807, 2.05) is 48.5 Å². The van der Waals surface area contributed by atoms with Crippen LogP contribution in [0.4, 0.5) is 5.69 Å². The molecule has 1 fully saturated rings. The molecule has 0 radical (unpaired) electrons. The van der Waals surface area contributed by atoms with Crippen molar-refractivity contribution in [2.24, 2.45) is 0 Å². The van der Waals surface area contributed by atoms with Crippen molar-refractivity contribution >= 4 is 17.5 Å². The molecule has 188 valence electrons. The van der Waals surface area contributed by atoms with E-state index in [4.69, 9.17) is 9.47 Å². The summed E-state index contributed by atoms with van der Waals surface area (Å²) in [4.78, 5) is 15.2. The van der Waals surface area contributed by atoms with Crippen LogP contribution in [0.1, 0.15) is 67.1 Å². The molecule has 0 unspecified atom stereocenters. The van der Waals surface area contributed by atoms with Gasteiger partial charge in [-0.15, -0.1) is 0 Å². The van der Waals surface area contributed by atoms with Gasteiger partial charge in [0.1, 0.15) is 18.1 Å². The van der Waals surface area contributed by atoms with Gasteiger partial charge in [-0.3, -0.25) is 4.79 Å². The second-order valence-electron chi connectivity index (χ2n) is 10.4. The van der Waals surface area contributed by atoms with Gasteiger partial charge in [0.15, 0.2) is 5.78 Å². The van der Waals surface area contributed by atoms with Gasteiger partial charge in [-0.2, -0.15) is 0 Å². The third kappa shape index (κ3) is 6.57. The largest absolute Gasteiger partial charge is 0.496 e. The Morgan fingerprint density at radius 3 is 2.25 bits per heavy atom. The minimum absolute atomic E-state index is 0.00671. The molecule has 0 spiro atoms. The minimum Gasteiger partial charge on any atom is -0.496 e. The van der Waals surface area contributed by atoms with Crippen molar-refractivity contribution in [2.75, 3.05) is 25.1 Å². The third-order valence-electron chi connectivity index (χ3n) is 6.72. The van der Waals surface area contributed by atoms with E-state index in [1.165, 1.54) is 30.5 Å². The number of hydrogen-bond acceptors (Lipinski definition) is 4. The molecule has 0 atom stereocenters. The lowest BCUT2D eigenvalue weighted by molar-refractivity contribution is 0.104. The summed E-state index contributed by atoms with van der Waals surface area (Å²) >= 11 is 0. The zero-order chi connectivity index (χ0) is 25.5. The van der Waals surface area contributed by atoms with Crippen LogP contribution >= 0.6 is 0 Å². The van der Waals surface area contributed by atoms with Gasteiger partial charge in [-0.25, -0.2) is 0 Å². The summed E-state index contributed by atoms with van der Waals surface area (Å²) in [5.74, 6) is 1.57. The highest BCUT2D eigenvalue weighted by atomic mass is 16.5. The van der Waals surface area contributed by atoms with Crippen molar-refractivity contribution in [3.63, 3.8) is 0 Å².